The Morgan fingerprint density at radius 2 is 1.24 bits per heavy atom. The molecule has 0 aliphatic carbocycles. The first kappa shape index (κ1) is 19.0. The van der Waals surface area contributed by atoms with Gasteiger partial charge >= 0.3 is 15.2 Å². The molecule has 4 aliphatic rings. The van der Waals surface area contributed by atoms with Crippen LogP contribution < -0.4 is 9.05 Å². The third-order valence-electron chi connectivity index (χ3n) is 5.34. The van der Waals surface area contributed by atoms with Gasteiger partial charge in [0.05, 0.1) is 0 Å². The topological polar surface area (TPSA) is 62.0 Å². The Bertz CT molecular complexity index is 1130. The molecule has 6 rings (SSSR count). The average Bonchev–Trinajstić information content (AvgIpc) is 2.66. The van der Waals surface area contributed by atoms with Gasteiger partial charge in [0.2, 0.25) is 0 Å². The molecule has 2 unspecified atom stereocenters. The molecule has 12 heteroatoms. The summed E-state index contributed by atoms with van der Waals surface area (Å²) in [6.45, 7) is 3.03. The van der Waals surface area contributed by atoms with Gasteiger partial charge in [0, 0.05) is 37.3 Å². The summed E-state index contributed by atoms with van der Waals surface area (Å²) in [6.07, 6.45) is 0.942. The minimum atomic E-state index is -3.02. The number of para-hydroxylation sites is 2. The van der Waals surface area contributed by atoms with Gasteiger partial charge in [-0.2, -0.15) is 9.03 Å². The van der Waals surface area contributed by atoms with Gasteiger partial charge < -0.3 is 9.05 Å². The van der Waals surface area contributed by atoms with Gasteiger partial charge in [0.1, 0.15) is 11.5 Å². The van der Waals surface area contributed by atoms with Crippen molar-refractivity contribution < 1.29 is 9.05 Å². The van der Waals surface area contributed by atoms with Crippen molar-refractivity contribution in [1.29, 1.82) is 0 Å². The maximum absolute atomic E-state index is 6.71. The number of hydrogen-bond donors (Lipinski definition) is 0. The highest BCUT2D eigenvalue weighted by Gasteiger charge is 2.50. The van der Waals surface area contributed by atoms with Gasteiger partial charge in [-0.05, 0) is 41.0 Å². The summed E-state index contributed by atoms with van der Waals surface area (Å²) in [5.74, 6) is -1.43. The van der Waals surface area contributed by atoms with E-state index in [1.165, 1.54) is 0 Å². The van der Waals surface area contributed by atoms with E-state index in [0.717, 1.165) is 42.1 Å². The van der Waals surface area contributed by atoms with Crippen LogP contribution in [-0.2, 0) is 13.1 Å². The molecule has 0 amide bonds. The standard InChI is InChI=1S/C17H18Cl2N5O2P3/c18-27(19)20-28-22-29(21-27)24(13-15-7-2-4-9-17(15)26-29)11-5-10-23(28)12-14-6-1-3-8-16(14)25-28/h1-4,6-9H,5,10-13H2. The number of nitrogens with zero attached hydrogens (tertiary/aromatic N) is 5. The molecule has 4 aliphatic heterocycles. The van der Waals surface area contributed by atoms with Crippen molar-refractivity contribution in [2.75, 3.05) is 13.1 Å². The molecule has 2 atom stereocenters. The summed E-state index contributed by atoms with van der Waals surface area (Å²) in [5, 5.41) is 0. The number of fused-ring (bicyclic) bond motifs is 2. The van der Waals surface area contributed by atoms with E-state index >= 15 is 0 Å². The van der Waals surface area contributed by atoms with E-state index in [0.29, 0.717) is 13.1 Å². The molecule has 2 bridgehead atoms. The molecular weight excluding hydrogens is 470 g/mol. The highest BCUT2D eigenvalue weighted by Crippen LogP contribution is 2.85. The van der Waals surface area contributed by atoms with Gasteiger partial charge in [-0.3, -0.25) is 0 Å². The van der Waals surface area contributed by atoms with E-state index in [-0.39, 0.29) is 0 Å². The fraction of sp³-hybridized carbons (Fsp3) is 0.294. The van der Waals surface area contributed by atoms with Crippen LogP contribution in [0, 0.1) is 0 Å². The minimum absolute atomic E-state index is 0.710. The smallest absolute Gasteiger partial charge is 0.335 e. The first-order chi connectivity index (χ1) is 14.0. The molecular formula is C17H18Cl2N5O2P3. The summed E-state index contributed by atoms with van der Waals surface area (Å²) < 4.78 is 32.2. The van der Waals surface area contributed by atoms with Crippen molar-refractivity contribution in [2.24, 2.45) is 13.5 Å². The van der Waals surface area contributed by atoms with Crippen molar-refractivity contribution in [1.82, 2.24) is 9.34 Å². The highest BCUT2D eigenvalue weighted by atomic mass is 35.9. The largest absolute Gasteiger partial charge is 0.430 e. The molecule has 29 heavy (non-hydrogen) atoms. The third kappa shape index (κ3) is 3.06. The zero-order valence-electron chi connectivity index (χ0n) is 15.3. The maximum atomic E-state index is 6.71. The van der Waals surface area contributed by atoms with Crippen molar-refractivity contribution in [3.8, 4) is 11.5 Å². The molecule has 0 radical (unpaired) electrons. The minimum Gasteiger partial charge on any atom is -0.430 e. The molecule has 4 heterocycles. The van der Waals surface area contributed by atoms with Gasteiger partial charge in [0.25, 0.3) is 5.91 Å². The van der Waals surface area contributed by atoms with Crippen LogP contribution in [0.3, 0.4) is 0 Å². The van der Waals surface area contributed by atoms with Crippen molar-refractivity contribution in [3.05, 3.63) is 59.7 Å². The lowest BCUT2D eigenvalue weighted by Gasteiger charge is -2.46. The van der Waals surface area contributed by atoms with Crippen LogP contribution in [0.25, 0.3) is 0 Å². The van der Waals surface area contributed by atoms with Gasteiger partial charge in [-0.1, -0.05) is 36.4 Å². The van der Waals surface area contributed by atoms with E-state index in [4.69, 9.17) is 45.1 Å². The van der Waals surface area contributed by atoms with E-state index in [1.807, 2.05) is 36.4 Å². The molecule has 152 valence electrons. The predicted molar refractivity (Wildman–Crippen MR) is 119 cm³/mol. The second kappa shape index (κ2) is 6.61. The van der Waals surface area contributed by atoms with Crippen LogP contribution in [-0.4, -0.2) is 22.4 Å². The lowest BCUT2D eigenvalue weighted by molar-refractivity contribution is 0.310. The Hall–Kier alpha value is -0.770. The molecule has 0 N–H and O–H groups in total. The van der Waals surface area contributed by atoms with Crippen LogP contribution in [0.1, 0.15) is 17.5 Å². The van der Waals surface area contributed by atoms with Crippen LogP contribution in [0.5, 0.6) is 11.5 Å². The Balaban J connectivity index is 1.61. The highest BCUT2D eigenvalue weighted by molar-refractivity contribution is 8.13. The second-order valence-corrected chi connectivity index (χ2v) is 17.2. The Morgan fingerprint density at radius 3 is 1.83 bits per heavy atom. The first-order valence-corrected chi connectivity index (χ1v) is 16.0. The number of hydrogen-bond acceptors (Lipinski definition) is 7. The molecule has 2 aromatic rings. The van der Waals surface area contributed by atoms with E-state index in [9.17, 15) is 0 Å². The molecule has 0 saturated carbocycles. The predicted octanol–water partition coefficient (Wildman–Crippen LogP) is 7.51. The number of benzene rings is 2. The fourth-order valence-corrected chi connectivity index (χ4v) is 17.1. The molecule has 2 aromatic carbocycles. The molecule has 7 nitrogen and oxygen atoms in total. The monoisotopic (exact) mass is 487 g/mol. The van der Waals surface area contributed by atoms with E-state index in [1.54, 1.807) is 0 Å². The third-order valence-corrected chi connectivity index (χ3v) is 16.3. The van der Waals surface area contributed by atoms with Crippen LogP contribution >= 0.6 is 43.6 Å². The second-order valence-electron chi connectivity index (χ2n) is 7.28. The van der Waals surface area contributed by atoms with E-state index < -0.39 is 21.1 Å². The van der Waals surface area contributed by atoms with E-state index in [2.05, 4.69) is 21.5 Å². The summed E-state index contributed by atoms with van der Waals surface area (Å²) in [4.78, 5) is 0. The molecule has 0 saturated heterocycles. The quantitative estimate of drug-likeness (QED) is 0.360. The maximum Gasteiger partial charge on any atom is 0.335 e. The zero-order chi connectivity index (χ0) is 19.7. The SMILES string of the molecule is ClP1(Cl)=NP23=NP4(=N1)Oc1ccccc1CN4CCCN2Cc1ccccc1O3. The molecule has 0 fully saturated rings. The lowest BCUT2D eigenvalue weighted by Crippen LogP contribution is -2.35. The van der Waals surface area contributed by atoms with Crippen LogP contribution in [0.2, 0.25) is 0 Å². The summed E-state index contributed by atoms with van der Waals surface area (Å²) in [5.41, 5.74) is 2.25. The Labute approximate surface area is 179 Å². The summed E-state index contributed by atoms with van der Waals surface area (Å²) in [7, 11) is -5.64. The van der Waals surface area contributed by atoms with Crippen molar-refractivity contribution in [3.63, 3.8) is 0 Å². The number of rotatable bonds is 0. The molecule has 2 spiro atoms. The summed E-state index contributed by atoms with van der Waals surface area (Å²) >= 11 is 13.4. The summed E-state index contributed by atoms with van der Waals surface area (Å²) in [6, 6.07) is 16.0. The number of halogens is 2. The van der Waals surface area contributed by atoms with Crippen LogP contribution in [0.15, 0.2) is 62.1 Å². The van der Waals surface area contributed by atoms with Gasteiger partial charge in [-0.25, -0.2) is 9.34 Å². The van der Waals surface area contributed by atoms with Gasteiger partial charge in [-0.15, -0.1) is 4.52 Å². The van der Waals surface area contributed by atoms with Crippen molar-refractivity contribution >= 4 is 43.6 Å². The van der Waals surface area contributed by atoms with Crippen LogP contribution in [0.4, 0.5) is 0 Å². The normalized spacial score (nSPS) is 32.1. The fourth-order valence-electron chi connectivity index (χ4n) is 4.04. The van der Waals surface area contributed by atoms with Gasteiger partial charge in [0.15, 0.2) is 0 Å². The average molecular weight is 488 g/mol. The van der Waals surface area contributed by atoms with Crippen molar-refractivity contribution in [2.45, 2.75) is 19.5 Å². The Morgan fingerprint density at radius 1 is 0.724 bits per heavy atom. The Kier molecular flexibility index (Phi) is 4.32. The molecule has 0 aromatic heterocycles. The zero-order valence-corrected chi connectivity index (χ0v) is 19.5. The first-order valence-electron chi connectivity index (χ1n) is 9.34. The lowest BCUT2D eigenvalue weighted by atomic mass is 10.2.